The fourth-order valence-electron chi connectivity index (χ4n) is 3.13. The minimum atomic E-state index is -0.218. The molecule has 0 bridgehead atoms. The van der Waals surface area contributed by atoms with Gasteiger partial charge in [-0.2, -0.15) is 0 Å². The molecule has 30 heavy (non-hydrogen) atoms. The van der Waals surface area contributed by atoms with Crippen molar-refractivity contribution in [2.24, 2.45) is 4.99 Å². The minimum absolute atomic E-state index is 0.218. The first-order valence-corrected chi connectivity index (χ1v) is 10.4. The summed E-state index contributed by atoms with van der Waals surface area (Å²) in [7, 11) is 0. The van der Waals surface area contributed by atoms with Crippen LogP contribution in [0.2, 0.25) is 0 Å². The number of amides is 1. The number of para-hydroxylation sites is 1. The van der Waals surface area contributed by atoms with E-state index in [4.69, 9.17) is 9.47 Å². The number of hydrogen-bond donors (Lipinski definition) is 2. The van der Waals surface area contributed by atoms with Gasteiger partial charge in [0.25, 0.3) is 5.91 Å². The summed E-state index contributed by atoms with van der Waals surface area (Å²) < 4.78 is 10.8. The van der Waals surface area contributed by atoms with Gasteiger partial charge in [0.1, 0.15) is 5.75 Å². The molecule has 1 amide bonds. The number of morpholine rings is 1. The maximum Gasteiger partial charge on any atom is 0.257 e. The topological polar surface area (TPSA) is 75.2 Å². The molecule has 7 heteroatoms. The molecule has 1 heterocycles. The average Bonchev–Trinajstić information content (AvgIpc) is 2.77. The molecule has 1 aliphatic heterocycles. The lowest BCUT2D eigenvalue weighted by Gasteiger charge is -2.25. The number of carbonyl (C=O) groups excluding carboxylic acids is 1. The smallest absolute Gasteiger partial charge is 0.257 e. The second kappa shape index (κ2) is 11.3. The molecular weight excluding hydrogens is 380 g/mol. The van der Waals surface area contributed by atoms with Crippen LogP contribution in [0.25, 0.3) is 0 Å². The van der Waals surface area contributed by atoms with Crippen LogP contribution in [-0.2, 0) is 4.74 Å². The molecule has 0 aromatic heterocycles. The summed E-state index contributed by atoms with van der Waals surface area (Å²) in [6.07, 6.45) is 0. The molecule has 0 atom stereocenters. The van der Waals surface area contributed by atoms with Crippen molar-refractivity contribution in [1.29, 1.82) is 0 Å². The zero-order valence-electron chi connectivity index (χ0n) is 17.7. The van der Waals surface area contributed by atoms with E-state index in [1.165, 1.54) is 0 Å². The first-order chi connectivity index (χ1) is 14.7. The highest BCUT2D eigenvalue weighted by Gasteiger charge is 2.12. The molecule has 0 aliphatic carbocycles. The molecule has 1 fully saturated rings. The first kappa shape index (κ1) is 21.8. The molecule has 1 aliphatic rings. The molecule has 3 rings (SSSR count). The highest BCUT2D eigenvalue weighted by molar-refractivity contribution is 6.10. The quantitative estimate of drug-likeness (QED) is 0.542. The molecular formula is C23H30N4O3. The van der Waals surface area contributed by atoms with Gasteiger partial charge in [0, 0.05) is 30.9 Å². The lowest BCUT2D eigenvalue weighted by atomic mass is 10.2. The van der Waals surface area contributed by atoms with Gasteiger partial charge in [0.15, 0.2) is 0 Å². The molecule has 0 saturated carbocycles. The van der Waals surface area contributed by atoms with Crippen LogP contribution in [0.15, 0.2) is 53.5 Å². The zero-order chi connectivity index (χ0) is 21.2. The predicted molar refractivity (Wildman–Crippen MR) is 119 cm³/mol. The van der Waals surface area contributed by atoms with Crippen molar-refractivity contribution < 1.29 is 14.3 Å². The van der Waals surface area contributed by atoms with Gasteiger partial charge in [-0.25, -0.2) is 0 Å². The summed E-state index contributed by atoms with van der Waals surface area (Å²) in [4.78, 5) is 19.7. The van der Waals surface area contributed by atoms with Crippen LogP contribution < -0.4 is 15.4 Å². The molecule has 2 aromatic carbocycles. The number of guanidine groups is 1. The van der Waals surface area contributed by atoms with E-state index < -0.39 is 0 Å². The molecule has 2 N–H and O–H groups in total. The summed E-state index contributed by atoms with van der Waals surface area (Å²) in [6.45, 7) is 9.27. The van der Waals surface area contributed by atoms with Crippen LogP contribution in [0.3, 0.4) is 0 Å². The van der Waals surface area contributed by atoms with E-state index in [0.717, 1.165) is 49.8 Å². The van der Waals surface area contributed by atoms with Crippen LogP contribution in [0.4, 0.5) is 5.69 Å². The number of nitrogens with zero attached hydrogens (tertiary/aromatic N) is 2. The van der Waals surface area contributed by atoms with E-state index in [0.29, 0.717) is 24.7 Å². The SMILES string of the molecule is CCOc1ccc(C(=O)NC(=NCCN2CCOCC2)Nc2ccccc2C)cc1. The van der Waals surface area contributed by atoms with E-state index in [9.17, 15) is 4.79 Å². The van der Waals surface area contributed by atoms with Gasteiger partial charge in [-0.3, -0.25) is 20.0 Å². The molecule has 0 unspecified atom stereocenters. The van der Waals surface area contributed by atoms with E-state index in [-0.39, 0.29) is 5.91 Å². The highest BCUT2D eigenvalue weighted by Crippen LogP contribution is 2.14. The van der Waals surface area contributed by atoms with Crippen molar-refractivity contribution in [2.75, 3.05) is 51.3 Å². The largest absolute Gasteiger partial charge is 0.494 e. The minimum Gasteiger partial charge on any atom is -0.494 e. The van der Waals surface area contributed by atoms with Gasteiger partial charge in [0.2, 0.25) is 5.96 Å². The predicted octanol–water partition coefficient (Wildman–Crippen LogP) is 2.92. The number of nitrogens with one attached hydrogen (secondary N) is 2. The normalized spacial score (nSPS) is 14.9. The lowest BCUT2D eigenvalue weighted by molar-refractivity contribution is 0.0394. The van der Waals surface area contributed by atoms with E-state index >= 15 is 0 Å². The second-order valence-corrected chi connectivity index (χ2v) is 7.04. The monoisotopic (exact) mass is 410 g/mol. The molecule has 160 valence electrons. The molecule has 0 spiro atoms. The van der Waals surface area contributed by atoms with E-state index in [1.807, 2.05) is 38.1 Å². The number of aliphatic imine (C=N–C) groups is 1. The Bertz CT molecular complexity index is 846. The Balaban J connectivity index is 1.68. The fraction of sp³-hybridized carbons (Fsp3) is 0.391. The van der Waals surface area contributed by atoms with Crippen molar-refractivity contribution in [3.8, 4) is 5.75 Å². The van der Waals surface area contributed by atoms with Gasteiger partial charge in [-0.1, -0.05) is 18.2 Å². The van der Waals surface area contributed by atoms with Gasteiger partial charge in [-0.05, 0) is 49.7 Å². The molecule has 1 saturated heterocycles. The Hall–Kier alpha value is -2.90. The van der Waals surface area contributed by atoms with E-state index in [2.05, 4.69) is 20.5 Å². The highest BCUT2D eigenvalue weighted by atomic mass is 16.5. The third kappa shape index (κ3) is 6.57. The lowest BCUT2D eigenvalue weighted by Crippen LogP contribution is -2.39. The van der Waals surface area contributed by atoms with Crippen molar-refractivity contribution in [1.82, 2.24) is 10.2 Å². The zero-order valence-corrected chi connectivity index (χ0v) is 17.7. The number of ether oxygens (including phenoxy) is 2. The summed E-state index contributed by atoms with van der Waals surface area (Å²) in [5.74, 6) is 0.965. The van der Waals surface area contributed by atoms with Crippen LogP contribution in [0.1, 0.15) is 22.8 Å². The first-order valence-electron chi connectivity index (χ1n) is 10.4. The van der Waals surface area contributed by atoms with E-state index in [1.54, 1.807) is 24.3 Å². The Kier molecular flexibility index (Phi) is 8.23. The number of anilines is 1. The maximum absolute atomic E-state index is 12.8. The van der Waals surface area contributed by atoms with Crippen LogP contribution in [0.5, 0.6) is 5.75 Å². The molecule has 0 radical (unpaired) electrons. The third-order valence-corrected chi connectivity index (χ3v) is 4.85. The number of carbonyl (C=O) groups is 1. The number of benzene rings is 2. The van der Waals surface area contributed by atoms with Gasteiger partial charge in [-0.15, -0.1) is 0 Å². The Labute approximate surface area is 178 Å². The number of hydrogen-bond acceptors (Lipinski definition) is 5. The van der Waals surface area contributed by atoms with Crippen molar-refractivity contribution in [3.05, 3.63) is 59.7 Å². The second-order valence-electron chi connectivity index (χ2n) is 7.04. The summed E-state index contributed by atoms with van der Waals surface area (Å²) in [5, 5.41) is 6.18. The van der Waals surface area contributed by atoms with Crippen molar-refractivity contribution in [3.63, 3.8) is 0 Å². The Morgan fingerprint density at radius 1 is 1.13 bits per heavy atom. The Morgan fingerprint density at radius 3 is 2.57 bits per heavy atom. The fourth-order valence-corrected chi connectivity index (χ4v) is 3.13. The van der Waals surface area contributed by atoms with Crippen LogP contribution in [0, 0.1) is 6.92 Å². The molecule has 7 nitrogen and oxygen atoms in total. The molecule has 2 aromatic rings. The van der Waals surface area contributed by atoms with Crippen molar-refractivity contribution in [2.45, 2.75) is 13.8 Å². The van der Waals surface area contributed by atoms with Gasteiger partial charge < -0.3 is 14.8 Å². The maximum atomic E-state index is 12.8. The summed E-state index contributed by atoms with van der Waals surface area (Å²) in [6, 6.07) is 15.0. The summed E-state index contributed by atoms with van der Waals surface area (Å²) >= 11 is 0. The third-order valence-electron chi connectivity index (χ3n) is 4.85. The number of rotatable bonds is 7. The van der Waals surface area contributed by atoms with Gasteiger partial charge >= 0.3 is 0 Å². The van der Waals surface area contributed by atoms with Crippen LogP contribution in [-0.4, -0.2) is 62.8 Å². The van der Waals surface area contributed by atoms with Crippen LogP contribution >= 0.6 is 0 Å². The summed E-state index contributed by atoms with van der Waals surface area (Å²) in [5.41, 5.74) is 2.54. The standard InChI is InChI=1S/C23H30N4O3/c1-3-30-20-10-8-19(9-11-20)22(28)26-23(25-21-7-5-4-6-18(21)2)24-12-13-27-14-16-29-17-15-27/h4-11H,3,12-17H2,1-2H3,(H2,24,25,26,28). The van der Waals surface area contributed by atoms with Crippen molar-refractivity contribution >= 4 is 17.6 Å². The average molecular weight is 411 g/mol. The number of aryl methyl sites for hydroxylation is 1. The Morgan fingerprint density at radius 2 is 1.87 bits per heavy atom. The van der Waals surface area contributed by atoms with Gasteiger partial charge in [0.05, 0.1) is 26.4 Å².